The van der Waals surface area contributed by atoms with E-state index in [9.17, 15) is 4.79 Å². The first kappa shape index (κ1) is 34.5. The summed E-state index contributed by atoms with van der Waals surface area (Å²) in [6.07, 6.45) is 2.46. The number of methoxy groups -OCH3 is 1. The molecule has 12 heteroatoms. The van der Waals surface area contributed by atoms with Crippen molar-refractivity contribution in [3.8, 4) is 34.1 Å². The number of anilines is 1. The molecule has 3 aromatic carbocycles. The monoisotopic (exact) mass is 770 g/mol. The van der Waals surface area contributed by atoms with Crippen LogP contribution in [0.5, 0.6) is 11.6 Å². The molecule has 0 atom stereocenters. The summed E-state index contributed by atoms with van der Waals surface area (Å²) in [5.41, 5.74) is 7.47. The Morgan fingerprint density at radius 3 is 2.29 bits per heavy atom. The molecular formula is C37H46N8O3Sn. The molecule has 5 aromatic rings. The number of piperazine rings is 1. The van der Waals surface area contributed by atoms with Gasteiger partial charge in [0.05, 0.1) is 12.8 Å². The standard InChI is InChI=1S/C34H37N8O3.3CH3.Sn/c1-4-9-29-28(22-24-14-16-25(17-15-24)26-10-5-6-11-27(26)33-35-38-39-36-33)34(40(2)37-29)45-23-32(43)42-20-18-41(19-21-42)30-12-7-8-13-31(30)44-3;;;;/h5-8,10-17H,4,9,18-23H2,1-3H3;3*1H3;/q-1;;;;+1. The van der Waals surface area contributed by atoms with E-state index in [1.54, 1.807) is 11.8 Å². The van der Waals surface area contributed by atoms with Gasteiger partial charge in [0.25, 0.3) is 5.91 Å². The topological polar surface area (TPSA) is 103 Å². The van der Waals surface area contributed by atoms with Gasteiger partial charge in [-0.05, 0) is 12.1 Å². The molecule has 0 N–H and O–H groups in total. The average Bonchev–Trinajstić information content (AvgIpc) is 3.73. The van der Waals surface area contributed by atoms with Crippen molar-refractivity contribution in [1.29, 1.82) is 0 Å². The number of hydrogen-bond donors (Lipinski definition) is 0. The number of carbonyl (C=O) groups is 1. The predicted octanol–water partition coefficient (Wildman–Crippen LogP) is 5.70. The van der Waals surface area contributed by atoms with E-state index in [0.29, 0.717) is 25.4 Å². The zero-order chi connectivity index (χ0) is 34.5. The number of ether oxygens (including phenoxy) is 2. The fourth-order valence-electron chi connectivity index (χ4n) is 6.45. The summed E-state index contributed by atoms with van der Waals surface area (Å²) in [6, 6.07) is 25.0. The minimum absolute atomic E-state index is 0.0200. The van der Waals surface area contributed by atoms with E-state index in [4.69, 9.17) is 14.6 Å². The van der Waals surface area contributed by atoms with Crippen LogP contribution >= 0.6 is 0 Å². The molecule has 49 heavy (non-hydrogen) atoms. The maximum absolute atomic E-state index is 13.3. The summed E-state index contributed by atoms with van der Waals surface area (Å²) in [7, 11) is 3.58. The van der Waals surface area contributed by atoms with Gasteiger partial charge in [-0.3, -0.25) is 4.79 Å². The Labute approximate surface area is 293 Å². The van der Waals surface area contributed by atoms with Crippen molar-refractivity contribution in [1.82, 2.24) is 33.1 Å². The Balaban J connectivity index is 1.15. The Bertz CT molecular complexity index is 1890. The zero-order valence-electron chi connectivity index (χ0n) is 29.4. The van der Waals surface area contributed by atoms with Crippen molar-refractivity contribution in [3.63, 3.8) is 0 Å². The van der Waals surface area contributed by atoms with Gasteiger partial charge in [0, 0.05) is 33.2 Å². The number of benzene rings is 3. The second-order valence-corrected chi connectivity index (χ2v) is 27.0. The number of aromatic nitrogens is 6. The van der Waals surface area contributed by atoms with Crippen LogP contribution in [-0.2, 0) is 24.7 Å². The van der Waals surface area contributed by atoms with Crippen LogP contribution in [0, 0.1) is 0 Å². The van der Waals surface area contributed by atoms with Crippen LogP contribution in [0.3, 0.4) is 0 Å². The summed E-state index contributed by atoms with van der Waals surface area (Å²) in [6.45, 7) is 4.85. The summed E-state index contributed by atoms with van der Waals surface area (Å²) >= 11 is -2.61. The molecule has 256 valence electrons. The normalized spacial score (nSPS) is 13.5. The third-order valence-corrected chi connectivity index (χ3v) is 13.5. The number of rotatable bonds is 12. The van der Waals surface area contributed by atoms with E-state index in [-0.39, 0.29) is 12.5 Å². The number of hydrogen-bond acceptors (Lipinski definition) is 8. The van der Waals surface area contributed by atoms with Crippen LogP contribution < -0.4 is 14.4 Å². The number of tetrazole rings is 1. The number of nitrogens with zero attached hydrogens (tertiary/aromatic N) is 8. The fraction of sp³-hybridized carbons (Fsp3) is 0.378. The molecule has 1 saturated heterocycles. The molecule has 1 amide bonds. The van der Waals surface area contributed by atoms with Gasteiger partial charge in [-0.15, -0.1) is 0 Å². The summed E-state index contributed by atoms with van der Waals surface area (Å²) < 4.78 is 15.7. The molecule has 1 fully saturated rings. The van der Waals surface area contributed by atoms with Gasteiger partial charge < -0.3 is 14.5 Å². The quantitative estimate of drug-likeness (QED) is 0.149. The van der Waals surface area contributed by atoms with E-state index in [0.717, 1.165) is 76.7 Å². The van der Waals surface area contributed by atoms with Crippen molar-refractivity contribution in [2.75, 3.05) is 44.8 Å². The number of para-hydroxylation sites is 2. The predicted molar refractivity (Wildman–Crippen MR) is 195 cm³/mol. The van der Waals surface area contributed by atoms with Crippen LogP contribution in [0.1, 0.15) is 30.2 Å². The molecule has 1 aliphatic rings. The summed E-state index contributed by atoms with van der Waals surface area (Å²) in [5, 5.41) is 17.6. The second kappa shape index (κ2) is 15.0. The van der Waals surface area contributed by atoms with Gasteiger partial charge in [-0.2, -0.15) is 0 Å². The molecule has 0 unspecified atom stereocenters. The van der Waals surface area contributed by atoms with Gasteiger partial charge in [-0.25, -0.2) is 0 Å². The maximum atomic E-state index is 13.3. The van der Waals surface area contributed by atoms with Gasteiger partial charge in [0.2, 0.25) is 0 Å². The van der Waals surface area contributed by atoms with Crippen molar-refractivity contribution in [3.05, 3.63) is 89.6 Å². The average molecular weight is 770 g/mol. The van der Waals surface area contributed by atoms with E-state index >= 15 is 0 Å². The van der Waals surface area contributed by atoms with Gasteiger partial charge >= 0.3 is 173 Å². The summed E-state index contributed by atoms with van der Waals surface area (Å²) in [5.74, 6) is 2.31. The van der Waals surface area contributed by atoms with Gasteiger partial charge in [0.15, 0.2) is 6.61 Å². The molecule has 0 aliphatic carbocycles. The molecule has 11 nitrogen and oxygen atoms in total. The van der Waals surface area contributed by atoms with Crippen molar-refractivity contribution < 1.29 is 14.3 Å². The molecular weight excluding hydrogens is 723 g/mol. The summed E-state index contributed by atoms with van der Waals surface area (Å²) in [4.78, 5) is 24.4. The molecule has 0 spiro atoms. The van der Waals surface area contributed by atoms with E-state index in [2.05, 4.69) is 93.6 Å². The molecule has 0 bridgehead atoms. The van der Waals surface area contributed by atoms with Crippen molar-refractivity contribution in [2.24, 2.45) is 7.05 Å². The van der Waals surface area contributed by atoms with Crippen LogP contribution in [0.4, 0.5) is 5.69 Å². The van der Waals surface area contributed by atoms with E-state index < -0.39 is 18.7 Å². The molecule has 1 aliphatic heterocycles. The SMILES string of the molecule is CCCc1nn(C)c(OCC(=O)N2CCN(c3ccccc3OC)CC2)c1Cc1ccc(-c2ccccc2-c2nnn[n]2[Sn]([CH3])([CH3])[CH3])cc1. The van der Waals surface area contributed by atoms with Crippen LogP contribution in [0.2, 0.25) is 14.8 Å². The fourth-order valence-corrected chi connectivity index (χ4v) is 9.62. The molecule has 2 aromatic heterocycles. The van der Waals surface area contributed by atoms with Crippen molar-refractivity contribution in [2.45, 2.75) is 41.0 Å². The molecule has 0 radical (unpaired) electrons. The van der Waals surface area contributed by atoms with Gasteiger partial charge in [-0.1, -0.05) is 25.5 Å². The Morgan fingerprint density at radius 1 is 0.898 bits per heavy atom. The number of aryl methyl sites for hydroxylation is 2. The van der Waals surface area contributed by atoms with Gasteiger partial charge in [0.1, 0.15) is 5.75 Å². The van der Waals surface area contributed by atoms with Crippen molar-refractivity contribution >= 4 is 30.2 Å². The molecule has 0 saturated carbocycles. The Hall–Kier alpha value is -4.39. The van der Waals surface area contributed by atoms with E-state index in [1.807, 2.05) is 36.2 Å². The first-order valence-electron chi connectivity index (χ1n) is 17.0. The van der Waals surface area contributed by atoms with Crippen LogP contribution in [0.15, 0.2) is 72.8 Å². The molecule has 3 heterocycles. The molecule has 6 rings (SSSR count). The van der Waals surface area contributed by atoms with E-state index in [1.165, 1.54) is 0 Å². The third kappa shape index (κ3) is 7.61. The Morgan fingerprint density at radius 2 is 1.59 bits per heavy atom. The Kier molecular flexibility index (Phi) is 10.6. The van der Waals surface area contributed by atoms with Crippen LogP contribution in [-0.4, -0.2) is 97.6 Å². The first-order chi connectivity index (χ1) is 23.7. The first-order valence-corrected chi connectivity index (χ1v) is 26.8. The van der Waals surface area contributed by atoms with Crippen LogP contribution in [0.25, 0.3) is 22.5 Å². The second-order valence-electron chi connectivity index (χ2n) is 13.4. The number of carbonyl (C=O) groups excluding carboxylic acids is 1. The third-order valence-electron chi connectivity index (χ3n) is 8.97. The zero-order valence-corrected chi connectivity index (χ0v) is 32.2. The number of amides is 1. The minimum atomic E-state index is -2.61.